The Balaban J connectivity index is 0.00000364. The molecule has 0 aliphatic heterocycles. The number of hydrogen-bond acceptors (Lipinski definition) is 3. The lowest BCUT2D eigenvalue weighted by atomic mass is 9.67. The van der Waals surface area contributed by atoms with E-state index in [1.807, 2.05) is 0 Å². The van der Waals surface area contributed by atoms with E-state index < -0.39 is 6.61 Å². The zero-order chi connectivity index (χ0) is 19.0. The Morgan fingerprint density at radius 2 is 2.07 bits per heavy atom. The Labute approximate surface area is 184 Å². The van der Waals surface area contributed by atoms with Gasteiger partial charge in [0.2, 0.25) is 0 Å². The molecule has 0 saturated heterocycles. The van der Waals surface area contributed by atoms with Crippen molar-refractivity contribution in [3.63, 3.8) is 0 Å². The van der Waals surface area contributed by atoms with Gasteiger partial charge in [-0.25, -0.2) is 0 Å². The van der Waals surface area contributed by atoms with Crippen LogP contribution >= 0.6 is 39.9 Å². The third-order valence-corrected chi connectivity index (χ3v) is 5.28. The second kappa shape index (κ2) is 12.0. The van der Waals surface area contributed by atoms with Gasteiger partial charge in [0.25, 0.3) is 0 Å². The molecule has 2 N–H and O–H groups in total. The maximum atomic E-state index is 12.6. The molecule has 0 aromatic heterocycles. The predicted molar refractivity (Wildman–Crippen MR) is 117 cm³/mol. The molecule has 1 aromatic carbocycles. The fourth-order valence-electron chi connectivity index (χ4n) is 3.08. The summed E-state index contributed by atoms with van der Waals surface area (Å²) in [5, 5.41) is 6.51. The SMILES string of the molecule is CN=C(NCc1cc(Br)ccc1OC(F)F)NCC1(CCOC)CCC1.I. The van der Waals surface area contributed by atoms with Gasteiger partial charge in [-0.1, -0.05) is 22.4 Å². The Bertz CT molecular complexity index is 616. The fraction of sp³-hybridized carbons (Fsp3) is 0.611. The van der Waals surface area contributed by atoms with Crippen LogP contribution in [0.4, 0.5) is 8.78 Å². The monoisotopic (exact) mass is 561 g/mol. The van der Waals surface area contributed by atoms with E-state index in [4.69, 9.17) is 4.74 Å². The van der Waals surface area contributed by atoms with Crippen LogP contribution in [0.3, 0.4) is 0 Å². The number of hydrogen-bond donors (Lipinski definition) is 2. The molecule has 154 valence electrons. The Morgan fingerprint density at radius 3 is 2.63 bits per heavy atom. The topological polar surface area (TPSA) is 54.9 Å². The first kappa shape index (κ1) is 24.4. The summed E-state index contributed by atoms with van der Waals surface area (Å²) >= 11 is 3.36. The van der Waals surface area contributed by atoms with E-state index in [1.165, 1.54) is 25.3 Å². The van der Waals surface area contributed by atoms with Crippen LogP contribution in [0.2, 0.25) is 0 Å². The summed E-state index contributed by atoms with van der Waals surface area (Å²) in [5.74, 6) is 0.790. The molecule has 1 aliphatic carbocycles. The lowest BCUT2D eigenvalue weighted by molar-refractivity contribution is -0.0504. The summed E-state index contributed by atoms with van der Waals surface area (Å²) in [6.45, 7) is -0.965. The maximum Gasteiger partial charge on any atom is 0.387 e. The number of rotatable bonds is 9. The number of benzene rings is 1. The normalized spacial score (nSPS) is 15.7. The molecule has 1 saturated carbocycles. The maximum absolute atomic E-state index is 12.6. The highest BCUT2D eigenvalue weighted by atomic mass is 127. The summed E-state index contributed by atoms with van der Waals surface area (Å²) in [6.07, 6.45) is 4.62. The van der Waals surface area contributed by atoms with Crippen molar-refractivity contribution < 1.29 is 18.3 Å². The van der Waals surface area contributed by atoms with Crippen LogP contribution in [0.25, 0.3) is 0 Å². The van der Waals surface area contributed by atoms with E-state index in [-0.39, 0.29) is 35.1 Å². The molecule has 0 radical (unpaired) electrons. The zero-order valence-corrected chi connectivity index (χ0v) is 19.5. The number of ether oxygens (including phenoxy) is 2. The zero-order valence-electron chi connectivity index (χ0n) is 15.6. The molecular formula is C18H27BrF2IN3O2. The number of aliphatic imine (C=N–C) groups is 1. The molecule has 0 atom stereocenters. The van der Waals surface area contributed by atoms with Crippen molar-refractivity contribution in [3.8, 4) is 5.75 Å². The molecule has 0 heterocycles. The number of halogens is 4. The predicted octanol–water partition coefficient (Wildman–Crippen LogP) is 4.54. The highest BCUT2D eigenvalue weighted by molar-refractivity contribution is 14.0. The summed E-state index contributed by atoms with van der Waals surface area (Å²) in [4.78, 5) is 4.22. The van der Waals surface area contributed by atoms with Crippen LogP contribution in [0.15, 0.2) is 27.7 Å². The van der Waals surface area contributed by atoms with Gasteiger partial charge in [-0.05, 0) is 42.9 Å². The Hall–Kier alpha value is -0.680. The van der Waals surface area contributed by atoms with E-state index >= 15 is 0 Å². The molecule has 0 unspecified atom stereocenters. The third-order valence-electron chi connectivity index (χ3n) is 4.79. The fourth-order valence-corrected chi connectivity index (χ4v) is 3.49. The second-order valence-electron chi connectivity index (χ2n) is 6.51. The Morgan fingerprint density at radius 1 is 1.33 bits per heavy atom. The van der Waals surface area contributed by atoms with Gasteiger partial charge >= 0.3 is 6.61 Å². The molecular weight excluding hydrogens is 535 g/mol. The minimum Gasteiger partial charge on any atom is -0.434 e. The third kappa shape index (κ3) is 7.69. The van der Waals surface area contributed by atoms with Crippen LogP contribution in [-0.2, 0) is 11.3 Å². The quantitative estimate of drug-likeness (QED) is 0.264. The summed E-state index contributed by atoms with van der Waals surface area (Å²) in [5.41, 5.74) is 0.883. The average molecular weight is 562 g/mol. The van der Waals surface area contributed by atoms with Crippen LogP contribution in [-0.4, -0.2) is 39.9 Å². The van der Waals surface area contributed by atoms with Crippen molar-refractivity contribution in [2.24, 2.45) is 10.4 Å². The first-order chi connectivity index (χ1) is 12.5. The standard InChI is InChI=1S/C18H26BrF2N3O2.HI/c1-22-17(24-12-18(6-3-7-18)8-9-25-2)23-11-13-10-14(19)4-5-15(13)26-16(20)21;/h4-5,10,16H,3,6-9,11-12H2,1-2H3,(H2,22,23,24);1H. The lowest BCUT2D eigenvalue weighted by Crippen LogP contribution is -2.46. The molecule has 2 rings (SSSR count). The van der Waals surface area contributed by atoms with Crippen molar-refractivity contribution in [3.05, 3.63) is 28.2 Å². The molecule has 1 aromatic rings. The van der Waals surface area contributed by atoms with Gasteiger partial charge in [-0.2, -0.15) is 8.78 Å². The van der Waals surface area contributed by atoms with Crippen molar-refractivity contribution in [2.45, 2.75) is 38.8 Å². The molecule has 0 bridgehead atoms. The van der Waals surface area contributed by atoms with E-state index in [9.17, 15) is 8.78 Å². The van der Waals surface area contributed by atoms with Gasteiger partial charge in [0.05, 0.1) is 0 Å². The van der Waals surface area contributed by atoms with E-state index in [2.05, 4.69) is 36.3 Å². The lowest BCUT2D eigenvalue weighted by Gasteiger charge is -2.42. The van der Waals surface area contributed by atoms with E-state index in [0.29, 0.717) is 18.1 Å². The van der Waals surface area contributed by atoms with Gasteiger partial charge in [0, 0.05) is 43.9 Å². The summed E-state index contributed by atoms with van der Waals surface area (Å²) in [6, 6.07) is 4.95. The van der Waals surface area contributed by atoms with Crippen molar-refractivity contribution in [2.75, 3.05) is 27.3 Å². The van der Waals surface area contributed by atoms with Crippen molar-refractivity contribution >= 4 is 45.9 Å². The number of nitrogens with one attached hydrogen (secondary N) is 2. The van der Waals surface area contributed by atoms with Crippen LogP contribution in [0.1, 0.15) is 31.2 Å². The van der Waals surface area contributed by atoms with Gasteiger partial charge in [-0.3, -0.25) is 4.99 Å². The minimum absolute atomic E-state index is 0. The first-order valence-electron chi connectivity index (χ1n) is 8.65. The minimum atomic E-state index is -2.85. The molecule has 5 nitrogen and oxygen atoms in total. The largest absolute Gasteiger partial charge is 0.434 e. The van der Waals surface area contributed by atoms with Gasteiger partial charge in [-0.15, -0.1) is 24.0 Å². The number of nitrogens with zero attached hydrogens (tertiary/aromatic N) is 1. The Kier molecular flexibility index (Phi) is 10.8. The van der Waals surface area contributed by atoms with Crippen LogP contribution in [0.5, 0.6) is 5.75 Å². The van der Waals surface area contributed by atoms with E-state index in [0.717, 1.165) is 24.0 Å². The van der Waals surface area contributed by atoms with Gasteiger partial charge in [0.1, 0.15) is 5.75 Å². The van der Waals surface area contributed by atoms with Crippen molar-refractivity contribution in [1.29, 1.82) is 0 Å². The van der Waals surface area contributed by atoms with Crippen molar-refractivity contribution in [1.82, 2.24) is 10.6 Å². The molecule has 27 heavy (non-hydrogen) atoms. The van der Waals surface area contributed by atoms with Gasteiger partial charge in [0.15, 0.2) is 5.96 Å². The number of alkyl halides is 2. The van der Waals surface area contributed by atoms with Crippen LogP contribution < -0.4 is 15.4 Å². The molecule has 1 aliphatic rings. The smallest absolute Gasteiger partial charge is 0.387 e. The van der Waals surface area contributed by atoms with Gasteiger partial charge < -0.3 is 20.1 Å². The molecule has 1 fully saturated rings. The van der Waals surface area contributed by atoms with Crippen LogP contribution in [0, 0.1) is 5.41 Å². The highest BCUT2D eigenvalue weighted by Gasteiger charge is 2.36. The first-order valence-corrected chi connectivity index (χ1v) is 9.44. The molecule has 9 heteroatoms. The average Bonchev–Trinajstić information content (AvgIpc) is 2.57. The molecule has 0 amide bonds. The van der Waals surface area contributed by atoms with E-state index in [1.54, 1.807) is 26.3 Å². The number of guanidine groups is 1. The highest BCUT2D eigenvalue weighted by Crippen LogP contribution is 2.43. The second-order valence-corrected chi connectivity index (χ2v) is 7.42. The molecule has 0 spiro atoms. The number of methoxy groups -OCH3 is 1. The summed E-state index contributed by atoms with van der Waals surface area (Å²) < 4.78 is 35.7. The summed E-state index contributed by atoms with van der Waals surface area (Å²) in [7, 11) is 3.41.